The highest BCUT2D eigenvalue weighted by atomic mass is 16.1. The van der Waals surface area contributed by atoms with Gasteiger partial charge >= 0.3 is 0 Å². The number of carbonyl (C=O) groups excluding carboxylic acids is 1. The maximum Gasteiger partial charge on any atom is 0.158 e. The van der Waals surface area contributed by atoms with Crippen LogP contribution in [-0.2, 0) is 6.54 Å². The van der Waals surface area contributed by atoms with Gasteiger partial charge in [0.2, 0.25) is 0 Å². The Morgan fingerprint density at radius 1 is 1.17 bits per heavy atom. The van der Waals surface area contributed by atoms with Gasteiger partial charge in [0.05, 0.1) is 12.7 Å². The summed E-state index contributed by atoms with van der Waals surface area (Å²) in [5, 5.41) is 5.19. The fourth-order valence-electron chi connectivity index (χ4n) is 1.93. The van der Waals surface area contributed by atoms with Crippen molar-refractivity contribution < 1.29 is 4.79 Å². The molecule has 2 aromatic heterocycles. The van der Waals surface area contributed by atoms with Gasteiger partial charge in [0, 0.05) is 17.1 Å². The fraction of sp³-hybridized carbons (Fsp3) is 0.0714. The zero-order valence-electron chi connectivity index (χ0n) is 9.65. The van der Waals surface area contributed by atoms with Crippen LogP contribution >= 0.6 is 0 Å². The number of aromatic nitrogens is 3. The highest BCUT2D eigenvalue weighted by molar-refractivity contribution is 5.83. The Hall–Kier alpha value is -2.49. The van der Waals surface area contributed by atoms with Crippen molar-refractivity contribution in [1.29, 1.82) is 0 Å². The number of hydrogen-bond donors (Lipinski definition) is 0. The molecule has 18 heavy (non-hydrogen) atoms. The van der Waals surface area contributed by atoms with E-state index in [-0.39, 0.29) is 0 Å². The first-order valence-electron chi connectivity index (χ1n) is 5.67. The first kappa shape index (κ1) is 10.7. The molecule has 4 heteroatoms. The van der Waals surface area contributed by atoms with Crippen molar-refractivity contribution in [2.45, 2.75) is 6.54 Å². The fourth-order valence-corrected chi connectivity index (χ4v) is 1.93. The molecule has 0 atom stereocenters. The van der Waals surface area contributed by atoms with E-state index in [0.29, 0.717) is 12.1 Å². The second-order valence-corrected chi connectivity index (χ2v) is 4.09. The predicted octanol–water partition coefficient (Wildman–Crippen LogP) is 2.29. The van der Waals surface area contributed by atoms with Gasteiger partial charge in [-0.1, -0.05) is 30.3 Å². The summed E-state index contributed by atoms with van der Waals surface area (Å²) < 4.78 is 1.83. The molecule has 0 N–H and O–H groups in total. The lowest BCUT2D eigenvalue weighted by Gasteiger charge is -2.02. The van der Waals surface area contributed by atoms with Crippen LogP contribution < -0.4 is 0 Å². The molecular weight excluding hydrogens is 226 g/mol. The number of benzene rings is 1. The zero-order chi connectivity index (χ0) is 12.4. The maximum absolute atomic E-state index is 10.7. The summed E-state index contributed by atoms with van der Waals surface area (Å²) in [6.45, 7) is 0.678. The minimum Gasteiger partial charge on any atom is -0.298 e. The molecule has 3 rings (SSSR count). The predicted molar refractivity (Wildman–Crippen MR) is 68.5 cm³/mol. The normalized spacial score (nSPS) is 10.7. The van der Waals surface area contributed by atoms with Crippen molar-refractivity contribution >= 4 is 17.3 Å². The Bertz CT molecular complexity index is 689. The molecule has 3 aromatic rings. The smallest absolute Gasteiger partial charge is 0.158 e. The van der Waals surface area contributed by atoms with Crippen LogP contribution in [-0.4, -0.2) is 21.1 Å². The van der Waals surface area contributed by atoms with Crippen LogP contribution in [0.2, 0.25) is 0 Å². The van der Waals surface area contributed by atoms with Gasteiger partial charge in [0.25, 0.3) is 0 Å². The van der Waals surface area contributed by atoms with Crippen molar-refractivity contribution in [3.05, 3.63) is 59.9 Å². The number of aldehydes is 1. The first-order chi connectivity index (χ1) is 8.86. The monoisotopic (exact) mass is 237 g/mol. The third-order valence-electron chi connectivity index (χ3n) is 2.81. The van der Waals surface area contributed by atoms with E-state index >= 15 is 0 Å². The SMILES string of the molecule is O=Cc1cnc2c(cnn2Cc2ccccc2)c1. The second kappa shape index (κ2) is 4.41. The van der Waals surface area contributed by atoms with E-state index in [4.69, 9.17) is 0 Å². The Morgan fingerprint density at radius 2 is 2.00 bits per heavy atom. The molecular formula is C14H11N3O. The zero-order valence-corrected chi connectivity index (χ0v) is 9.65. The van der Waals surface area contributed by atoms with Crippen LogP contribution in [0, 0.1) is 0 Å². The number of rotatable bonds is 3. The largest absolute Gasteiger partial charge is 0.298 e. The van der Waals surface area contributed by atoms with Gasteiger partial charge in [-0.05, 0) is 11.6 Å². The van der Waals surface area contributed by atoms with E-state index < -0.39 is 0 Å². The molecule has 0 saturated carbocycles. The second-order valence-electron chi connectivity index (χ2n) is 4.09. The number of pyridine rings is 1. The standard InChI is InChI=1S/C14H11N3O/c18-10-12-6-13-8-16-17(14(13)15-7-12)9-11-4-2-1-3-5-11/h1-8,10H,9H2. The summed E-state index contributed by atoms with van der Waals surface area (Å²) in [6.07, 6.45) is 4.09. The number of fused-ring (bicyclic) bond motifs is 1. The topological polar surface area (TPSA) is 47.8 Å². The van der Waals surface area contributed by atoms with Crippen LogP contribution in [0.25, 0.3) is 11.0 Å². The Morgan fingerprint density at radius 3 is 2.78 bits per heavy atom. The van der Waals surface area contributed by atoms with Crippen molar-refractivity contribution in [1.82, 2.24) is 14.8 Å². The number of carbonyl (C=O) groups is 1. The van der Waals surface area contributed by atoms with E-state index in [0.717, 1.165) is 17.3 Å². The molecule has 2 heterocycles. The van der Waals surface area contributed by atoms with Gasteiger partial charge in [-0.3, -0.25) is 4.79 Å². The Labute approximate surface area is 104 Å². The van der Waals surface area contributed by atoms with E-state index in [1.54, 1.807) is 18.5 Å². The first-order valence-corrected chi connectivity index (χ1v) is 5.67. The lowest BCUT2D eigenvalue weighted by molar-refractivity contribution is 0.112. The van der Waals surface area contributed by atoms with E-state index in [1.807, 2.05) is 35.0 Å². The highest BCUT2D eigenvalue weighted by Gasteiger charge is 2.05. The number of hydrogen-bond acceptors (Lipinski definition) is 3. The van der Waals surface area contributed by atoms with Gasteiger partial charge in [0.1, 0.15) is 0 Å². The van der Waals surface area contributed by atoms with Gasteiger partial charge in [-0.2, -0.15) is 5.10 Å². The summed E-state index contributed by atoms with van der Waals surface area (Å²) in [4.78, 5) is 15.0. The van der Waals surface area contributed by atoms with Crippen molar-refractivity contribution in [2.24, 2.45) is 0 Å². The Balaban J connectivity index is 2.00. The van der Waals surface area contributed by atoms with Gasteiger partial charge in [-0.15, -0.1) is 0 Å². The molecule has 0 bridgehead atoms. The average molecular weight is 237 g/mol. The van der Waals surface area contributed by atoms with E-state index in [1.165, 1.54) is 5.56 Å². The van der Waals surface area contributed by atoms with Crippen LogP contribution in [0.5, 0.6) is 0 Å². The third kappa shape index (κ3) is 1.88. The van der Waals surface area contributed by atoms with Crippen molar-refractivity contribution in [2.75, 3.05) is 0 Å². The van der Waals surface area contributed by atoms with Crippen LogP contribution in [0.15, 0.2) is 48.8 Å². The summed E-state index contributed by atoms with van der Waals surface area (Å²) >= 11 is 0. The summed E-state index contributed by atoms with van der Waals surface area (Å²) in [5.74, 6) is 0. The van der Waals surface area contributed by atoms with Crippen molar-refractivity contribution in [3.63, 3.8) is 0 Å². The third-order valence-corrected chi connectivity index (χ3v) is 2.81. The lowest BCUT2D eigenvalue weighted by atomic mass is 10.2. The molecule has 4 nitrogen and oxygen atoms in total. The van der Waals surface area contributed by atoms with Gasteiger partial charge in [-0.25, -0.2) is 9.67 Å². The highest BCUT2D eigenvalue weighted by Crippen LogP contribution is 2.13. The van der Waals surface area contributed by atoms with Crippen LogP contribution in [0.3, 0.4) is 0 Å². The molecule has 0 aliphatic carbocycles. The Kier molecular flexibility index (Phi) is 2.61. The minimum atomic E-state index is 0.571. The quantitative estimate of drug-likeness (QED) is 0.657. The molecule has 0 aliphatic heterocycles. The van der Waals surface area contributed by atoms with Crippen molar-refractivity contribution in [3.8, 4) is 0 Å². The number of nitrogens with zero attached hydrogens (tertiary/aromatic N) is 3. The molecule has 0 fully saturated rings. The van der Waals surface area contributed by atoms with Crippen LogP contribution in [0.1, 0.15) is 15.9 Å². The van der Waals surface area contributed by atoms with E-state index in [2.05, 4.69) is 10.1 Å². The van der Waals surface area contributed by atoms with Gasteiger partial charge < -0.3 is 0 Å². The molecule has 0 unspecified atom stereocenters. The average Bonchev–Trinajstić information content (AvgIpc) is 2.82. The summed E-state index contributed by atoms with van der Waals surface area (Å²) in [6, 6.07) is 11.9. The van der Waals surface area contributed by atoms with Gasteiger partial charge in [0.15, 0.2) is 11.9 Å². The molecule has 88 valence electrons. The molecule has 0 saturated heterocycles. The minimum absolute atomic E-state index is 0.571. The molecule has 0 spiro atoms. The summed E-state index contributed by atoms with van der Waals surface area (Å²) in [5.41, 5.74) is 2.54. The van der Waals surface area contributed by atoms with E-state index in [9.17, 15) is 4.79 Å². The van der Waals surface area contributed by atoms with Crippen LogP contribution in [0.4, 0.5) is 0 Å². The molecule has 0 amide bonds. The molecule has 1 aromatic carbocycles. The lowest BCUT2D eigenvalue weighted by Crippen LogP contribution is -2.02. The molecule has 0 radical (unpaired) electrons. The summed E-state index contributed by atoms with van der Waals surface area (Å²) in [7, 11) is 0. The maximum atomic E-state index is 10.7. The molecule has 0 aliphatic rings.